The van der Waals surface area contributed by atoms with Crippen LogP contribution in [0, 0.1) is 31.6 Å². The number of rotatable bonds is 4. The summed E-state index contributed by atoms with van der Waals surface area (Å²) in [6.07, 6.45) is 1.30. The Labute approximate surface area is 226 Å². The number of hydrogen-bond acceptors (Lipinski definition) is 5. The van der Waals surface area contributed by atoms with Crippen molar-refractivity contribution in [2.45, 2.75) is 42.8 Å². The van der Waals surface area contributed by atoms with Gasteiger partial charge in [0.2, 0.25) is 17.7 Å². The molecule has 0 spiro atoms. The molecule has 9 heteroatoms. The van der Waals surface area contributed by atoms with Gasteiger partial charge in [0.1, 0.15) is 5.75 Å². The molecule has 0 N–H and O–H groups in total. The number of ether oxygens (including phenoxy) is 1. The predicted molar refractivity (Wildman–Crippen MR) is 143 cm³/mol. The van der Waals surface area contributed by atoms with Gasteiger partial charge in [0, 0.05) is 28.3 Å². The first-order valence-corrected chi connectivity index (χ1v) is 13.8. The molecular formula is C27H26Br2N2O5. The van der Waals surface area contributed by atoms with Crippen molar-refractivity contribution in [2.75, 3.05) is 16.3 Å². The number of carbonyl (C=O) groups is 4. The van der Waals surface area contributed by atoms with Crippen LogP contribution in [0.2, 0.25) is 0 Å². The van der Waals surface area contributed by atoms with Crippen molar-refractivity contribution in [1.82, 2.24) is 0 Å². The number of fused-ring (bicyclic) bond motifs is 1. The zero-order valence-corrected chi connectivity index (χ0v) is 23.1. The maximum Gasteiger partial charge on any atom is 0.316 e. The molecule has 3 aliphatic rings. The third kappa shape index (κ3) is 4.52. The van der Waals surface area contributed by atoms with Gasteiger partial charge in [0.25, 0.3) is 0 Å². The average Bonchev–Trinajstić information content (AvgIpc) is 3.33. The highest BCUT2D eigenvalue weighted by molar-refractivity contribution is 9.12. The number of hydrogen-bond donors (Lipinski definition) is 0. The molecule has 0 aromatic heterocycles. The number of nitrogens with zero attached hydrogens (tertiary/aromatic N) is 2. The summed E-state index contributed by atoms with van der Waals surface area (Å²) >= 11 is 7.22. The van der Waals surface area contributed by atoms with Gasteiger partial charge >= 0.3 is 5.97 Å². The summed E-state index contributed by atoms with van der Waals surface area (Å²) in [7, 11) is 0. The second-order valence-corrected chi connectivity index (χ2v) is 12.2. The number of aryl methyl sites for hydroxylation is 2. The minimum atomic E-state index is -0.572. The highest BCUT2D eigenvalue weighted by Crippen LogP contribution is 2.45. The molecule has 0 bridgehead atoms. The zero-order valence-electron chi connectivity index (χ0n) is 19.9. The van der Waals surface area contributed by atoms with Crippen LogP contribution in [0.15, 0.2) is 42.5 Å². The van der Waals surface area contributed by atoms with Gasteiger partial charge < -0.3 is 9.64 Å². The summed E-state index contributed by atoms with van der Waals surface area (Å²) < 4.78 is 5.61. The molecule has 2 aromatic rings. The fourth-order valence-corrected chi connectivity index (χ4v) is 6.62. The van der Waals surface area contributed by atoms with Gasteiger partial charge in [-0.25, -0.2) is 4.90 Å². The standard InChI is InChI=1S/C27H26Br2N2O5/c1-14-4-3-5-17(8-14)30-13-16(10-24(30)32)27(35)36-18-6-7-23(15(2)9-18)31-25(33)19-11-21(28)22(29)12-20(19)26(31)34/h3-9,16,19-22H,10-13H2,1-2H3/t16-,19-,20-,21+,22+/m1/s1. The van der Waals surface area contributed by atoms with Crippen LogP contribution in [0.1, 0.15) is 30.4 Å². The van der Waals surface area contributed by atoms with Crippen LogP contribution in [-0.4, -0.2) is 39.9 Å². The van der Waals surface area contributed by atoms with Crippen LogP contribution in [0.5, 0.6) is 5.75 Å². The first-order valence-electron chi connectivity index (χ1n) is 12.0. The first kappa shape index (κ1) is 25.1. The molecule has 2 aromatic carbocycles. The van der Waals surface area contributed by atoms with E-state index in [-0.39, 0.29) is 52.2 Å². The van der Waals surface area contributed by atoms with E-state index in [0.29, 0.717) is 29.8 Å². The molecule has 3 fully saturated rings. The van der Waals surface area contributed by atoms with Crippen molar-refractivity contribution in [3.63, 3.8) is 0 Å². The molecule has 0 radical (unpaired) electrons. The van der Waals surface area contributed by atoms with Crippen molar-refractivity contribution < 1.29 is 23.9 Å². The summed E-state index contributed by atoms with van der Waals surface area (Å²) in [6, 6.07) is 12.5. The summed E-state index contributed by atoms with van der Waals surface area (Å²) in [5.74, 6) is -1.86. The van der Waals surface area contributed by atoms with E-state index in [1.165, 1.54) is 4.90 Å². The lowest BCUT2D eigenvalue weighted by molar-refractivity contribution is -0.139. The Kier molecular flexibility index (Phi) is 6.80. The fourth-order valence-electron chi connectivity index (χ4n) is 5.39. The molecule has 7 nitrogen and oxygen atoms in total. The molecule has 2 aliphatic heterocycles. The van der Waals surface area contributed by atoms with E-state index < -0.39 is 11.9 Å². The van der Waals surface area contributed by atoms with Gasteiger partial charge in [-0.1, -0.05) is 44.0 Å². The summed E-state index contributed by atoms with van der Waals surface area (Å²) in [6.45, 7) is 4.01. The SMILES string of the molecule is Cc1cccc(N2C[C@H](C(=O)Oc3ccc(N4C(=O)[C@@H]5C[C@H](Br)[C@@H](Br)C[C@H]5C4=O)c(C)c3)CC2=O)c1. The highest BCUT2D eigenvalue weighted by atomic mass is 79.9. The van der Waals surface area contributed by atoms with Crippen LogP contribution in [0.4, 0.5) is 11.4 Å². The fraction of sp³-hybridized carbons (Fsp3) is 0.407. The van der Waals surface area contributed by atoms with Gasteiger partial charge in [-0.2, -0.15) is 0 Å². The smallest absolute Gasteiger partial charge is 0.316 e. The summed E-state index contributed by atoms with van der Waals surface area (Å²) in [4.78, 5) is 54.9. The quantitative estimate of drug-likeness (QED) is 0.215. The third-order valence-corrected chi connectivity index (χ3v) is 10.0. The topological polar surface area (TPSA) is 84.0 Å². The number of amides is 3. The number of halogens is 2. The van der Waals surface area contributed by atoms with Gasteiger partial charge in [0.15, 0.2) is 0 Å². The normalized spacial score (nSPS) is 28.0. The second kappa shape index (κ2) is 9.74. The zero-order chi connectivity index (χ0) is 25.7. The lowest BCUT2D eigenvalue weighted by Gasteiger charge is -2.29. The van der Waals surface area contributed by atoms with Crippen LogP contribution in [0.25, 0.3) is 0 Å². The van der Waals surface area contributed by atoms with Crippen LogP contribution >= 0.6 is 31.9 Å². The largest absolute Gasteiger partial charge is 0.426 e. The average molecular weight is 618 g/mol. The molecule has 2 heterocycles. The van der Waals surface area contributed by atoms with E-state index in [4.69, 9.17) is 4.74 Å². The van der Waals surface area contributed by atoms with Crippen LogP contribution < -0.4 is 14.5 Å². The minimum Gasteiger partial charge on any atom is -0.426 e. The Bertz CT molecular complexity index is 1240. The first-order chi connectivity index (χ1) is 17.1. The number of benzene rings is 2. The van der Waals surface area contributed by atoms with E-state index >= 15 is 0 Å². The highest BCUT2D eigenvalue weighted by Gasteiger charge is 2.52. The predicted octanol–water partition coefficient (Wildman–Crippen LogP) is 4.69. The van der Waals surface area contributed by atoms with Crippen molar-refractivity contribution in [3.05, 3.63) is 53.6 Å². The second-order valence-electron chi connectivity index (χ2n) is 9.84. The molecule has 2 saturated heterocycles. The molecule has 3 amide bonds. The number of anilines is 2. The van der Waals surface area contributed by atoms with Crippen molar-refractivity contribution in [3.8, 4) is 5.75 Å². The van der Waals surface area contributed by atoms with Crippen molar-refractivity contribution in [1.29, 1.82) is 0 Å². The molecule has 0 unspecified atom stereocenters. The number of esters is 1. The monoisotopic (exact) mass is 616 g/mol. The Morgan fingerprint density at radius 3 is 2.22 bits per heavy atom. The van der Waals surface area contributed by atoms with E-state index in [9.17, 15) is 19.2 Å². The number of imide groups is 1. The van der Waals surface area contributed by atoms with E-state index in [1.807, 2.05) is 31.2 Å². The minimum absolute atomic E-state index is 0.0898. The van der Waals surface area contributed by atoms with Crippen molar-refractivity contribution in [2.24, 2.45) is 17.8 Å². The molecule has 5 atom stereocenters. The Morgan fingerprint density at radius 1 is 0.944 bits per heavy atom. The molecule has 5 rings (SSSR count). The Hall–Kier alpha value is -2.52. The summed E-state index contributed by atoms with van der Waals surface area (Å²) in [5.41, 5.74) is 2.98. The molecule has 188 valence electrons. The number of alkyl halides is 2. The van der Waals surface area contributed by atoms with Crippen molar-refractivity contribution >= 4 is 66.9 Å². The molecular weight excluding hydrogens is 592 g/mol. The molecule has 1 saturated carbocycles. The summed E-state index contributed by atoms with van der Waals surface area (Å²) in [5, 5.41) is 0. The maximum atomic E-state index is 13.1. The van der Waals surface area contributed by atoms with E-state index in [0.717, 1.165) is 11.3 Å². The number of carbonyl (C=O) groups excluding carboxylic acids is 4. The van der Waals surface area contributed by atoms with Crippen LogP contribution in [-0.2, 0) is 19.2 Å². The maximum absolute atomic E-state index is 13.1. The Morgan fingerprint density at radius 2 is 1.61 bits per heavy atom. The lowest BCUT2D eigenvalue weighted by Crippen LogP contribution is -2.34. The molecule has 1 aliphatic carbocycles. The van der Waals surface area contributed by atoms with E-state index in [2.05, 4.69) is 31.9 Å². The van der Waals surface area contributed by atoms with Gasteiger partial charge in [-0.3, -0.25) is 19.2 Å². The third-order valence-electron chi connectivity index (χ3n) is 7.31. The lowest BCUT2D eigenvalue weighted by atomic mass is 9.81. The van der Waals surface area contributed by atoms with Gasteiger partial charge in [-0.15, -0.1) is 0 Å². The Balaban J connectivity index is 1.28. The molecule has 36 heavy (non-hydrogen) atoms. The van der Waals surface area contributed by atoms with Gasteiger partial charge in [-0.05, 0) is 68.1 Å². The van der Waals surface area contributed by atoms with E-state index in [1.54, 1.807) is 30.0 Å². The van der Waals surface area contributed by atoms with Crippen LogP contribution in [0.3, 0.4) is 0 Å². The van der Waals surface area contributed by atoms with Gasteiger partial charge in [0.05, 0.1) is 23.4 Å².